The Morgan fingerprint density at radius 1 is 1.18 bits per heavy atom. The number of nitrogens with zero attached hydrogens (tertiary/aromatic N) is 2. The van der Waals surface area contributed by atoms with E-state index in [2.05, 4.69) is 0 Å². The molecule has 0 N–H and O–H groups in total. The van der Waals surface area contributed by atoms with Crippen LogP contribution in [0.5, 0.6) is 0 Å². The molecule has 1 aliphatic rings. The van der Waals surface area contributed by atoms with E-state index < -0.39 is 5.41 Å². The third kappa shape index (κ3) is 4.16. The fraction of sp³-hybridized carbons (Fsp3) is 0.818. The third-order valence-corrected chi connectivity index (χ3v) is 2.76. The molecule has 0 aromatic rings. The monoisotopic (exact) mass is 262 g/mol. The predicted molar refractivity (Wildman–Crippen MR) is 64.4 cm³/mol. The zero-order chi connectivity index (χ0) is 13.1. The predicted octanol–water partition coefficient (Wildman–Crippen LogP) is 0.874. The Morgan fingerprint density at radius 3 is 2.12 bits per heavy atom. The van der Waals surface area contributed by atoms with E-state index in [1.807, 2.05) is 20.8 Å². The Morgan fingerprint density at radius 2 is 1.71 bits per heavy atom. The van der Waals surface area contributed by atoms with Crippen molar-refractivity contribution in [2.24, 2.45) is 5.41 Å². The van der Waals surface area contributed by atoms with Crippen molar-refractivity contribution in [2.45, 2.75) is 20.8 Å². The van der Waals surface area contributed by atoms with Gasteiger partial charge in [-0.2, -0.15) is 0 Å². The van der Waals surface area contributed by atoms with Crippen molar-refractivity contribution in [1.82, 2.24) is 9.96 Å². The molecule has 0 unspecified atom stereocenters. The summed E-state index contributed by atoms with van der Waals surface area (Å²) in [4.78, 5) is 29.9. The van der Waals surface area contributed by atoms with Crippen LogP contribution in [0.15, 0.2) is 0 Å². The van der Waals surface area contributed by atoms with Crippen LogP contribution in [0.25, 0.3) is 0 Å². The second kappa shape index (κ2) is 5.69. The summed E-state index contributed by atoms with van der Waals surface area (Å²) < 4.78 is 0. The van der Waals surface area contributed by atoms with E-state index in [9.17, 15) is 9.59 Å². The van der Waals surface area contributed by atoms with Gasteiger partial charge in [0, 0.05) is 13.1 Å². The lowest BCUT2D eigenvalue weighted by Crippen LogP contribution is -2.50. The quantitative estimate of drug-likeness (QED) is 0.693. The van der Waals surface area contributed by atoms with E-state index in [0.717, 1.165) is 0 Å². The molecule has 0 spiro atoms. The number of alkyl halides is 1. The highest BCUT2D eigenvalue weighted by atomic mass is 35.5. The van der Waals surface area contributed by atoms with Crippen LogP contribution in [0.2, 0.25) is 0 Å². The molecule has 0 aromatic heterocycles. The van der Waals surface area contributed by atoms with E-state index in [4.69, 9.17) is 16.4 Å². The molecule has 98 valence electrons. The highest BCUT2D eigenvalue weighted by molar-refractivity contribution is 6.27. The van der Waals surface area contributed by atoms with E-state index >= 15 is 0 Å². The number of rotatable bonds is 2. The van der Waals surface area contributed by atoms with Crippen LogP contribution in [0.4, 0.5) is 0 Å². The topological polar surface area (TPSA) is 49.9 Å². The molecular formula is C11H19ClN2O3. The zero-order valence-electron chi connectivity index (χ0n) is 10.5. The molecule has 17 heavy (non-hydrogen) atoms. The number of piperazine rings is 1. The minimum Gasteiger partial charge on any atom is -0.367 e. The summed E-state index contributed by atoms with van der Waals surface area (Å²) in [6.45, 7) is 7.58. The summed E-state index contributed by atoms with van der Waals surface area (Å²) >= 11 is 5.48. The van der Waals surface area contributed by atoms with Gasteiger partial charge in [-0.25, -0.2) is 4.79 Å². The Kier molecular flexibility index (Phi) is 4.77. The smallest absolute Gasteiger partial charge is 0.330 e. The van der Waals surface area contributed by atoms with Gasteiger partial charge in [-0.05, 0) is 20.8 Å². The van der Waals surface area contributed by atoms with Gasteiger partial charge in [-0.1, -0.05) is 0 Å². The van der Waals surface area contributed by atoms with Gasteiger partial charge in [-0.3, -0.25) is 4.79 Å². The first-order chi connectivity index (χ1) is 7.84. The average molecular weight is 263 g/mol. The third-order valence-electron chi connectivity index (χ3n) is 2.53. The van der Waals surface area contributed by atoms with Crippen molar-refractivity contribution < 1.29 is 14.4 Å². The average Bonchev–Trinajstić information content (AvgIpc) is 2.27. The van der Waals surface area contributed by atoms with Crippen LogP contribution < -0.4 is 0 Å². The first-order valence-electron chi connectivity index (χ1n) is 5.65. The molecule has 1 saturated heterocycles. The Hall–Kier alpha value is -0.810. The number of halogens is 1. The highest BCUT2D eigenvalue weighted by Crippen LogP contribution is 2.16. The molecule has 1 aliphatic heterocycles. The Bertz CT molecular complexity index is 294. The minimum atomic E-state index is -0.511. The van der Waals surface area contributed by atoms with Crippen molar-refractivity contribution in [1.29, 1.82) is 0 Å². The van der Waals surface area contributed by atoms with Crippen LogP contribution in [-0.2, 0) is 14.4 Å². The highest BCUT2D eigenvalue weighted by Gasteiger charge is 2.28. The van der Waals surface area contributed by atoms with E-state index in [1.54, 1.807) is 9.96 Å². The molecule has 0 radical (unpaired) electrons. The van der Waals surface area contributed by atoms with Crippen LogP contribution >= 0.6 is 11.6 Å². The summed E-state index contributed by atoms with van der Waals surface area (Å²) in [7, 11) is 0. The fourth-order valence-corrected chi connectivity index (χ4v) is 1.54. The first-order valence-corrected chi connectivity index (χ1v) is 6.19. The molecule has 0 bridgehead atoms. The van der Waals surface area contributed by atoms with Gasteiger partial charge in [0.1, 0.15) is 5.88 Å². The van der Waals surface area contributed by atoms with Gasteiger partial charge in [0.15, 0.2) is 0 Å². The number of hydrogen-bond donors (Lipinski definition) is 0. The lowest BCUT2D eigenvalue weighted by atomic mass is 9.98. The summed E-state index contributed by atoms with van der Waals surface area (Å²) in [5.41, 5.74) is -0.511. The largest absolute Gasteiger partial charge is 0.367 e. The number of hydroxylamine groups is 2. The van der Waals surface area contributed by atoms with Gasteiger partial charge in [0.25, 0.3) is 0 Å². The second-order valence-electron chi connectivity index (χ2n) is 5.07. The molecule has 1 rings (SSSR count). The first kappa shape index (κ1) is 14.3. The molecule has 0 aliphatic carbocycles. The molecule has 1 heterocycles. The van der Waals surface area contributed by atoms with E-state index in [-0.39, 0.29) is 17.8 Å². The van der Waals surface area contributed by atoms with Crippen LogP contribution in [0.1, 0.15) is 20.8 Å². The minimum absolute atomic E-state index is 0.00176. The SMILES string of the molecule is CC(C)(C)C(=O)ON1CCN(C(=O)CCl)CC1. The number of carbonyl (C=O) groups excluding carboxylic acids is 2. The molecule has 0 atom stereocenters. The molecule has 5 nitrogen and oxygen atoms in total. The van der Waals surface area contributed by atoms with Crippen molar-refractivity contribution in [3.05, 3.63) is 0 Å². The Balaban J connectivity index is 2.38. The van der Waals surface area contributed by atoms with E-state index in [1.165, 1.54) is 0 Å². The zero-order valence-corrected chi connectivity index (χ0v) is 11.3. The lowest BCUT2D eigenvalue weighted by molar-refractivity contribution is -0.206. The normalized spacial score (nSPS) is 18.0. The van der Waals surface area contributed by atoms with Gasteiger partial charge in [0.2, 0.25) is 5.91 Å². The van der Waals surface area contributed by atoms with Crippen LogP contribution in [-0.4, -0.2) is 53.9 Å². The fourth-order valence-electron chi connectivity index (χ4n) is 1.37. The Labute approximate surface area is 107 Å². The molecule has 0 aromatic carbocycles. The van der Waals surface area contributed by atoms with Crippen molar-refractivity contribution >= 4 is 23.5 Å². The summed E-state index contributed by atoms with van der Waals surface area (Å²) in [6, 6.07) is 0. The molecule has 1 fully saturated rings. The van der Waals surface area contributed by atoms with E-state index in [0.29, 0.717) is 26.2 Å². The molecule has 0 saturated carbocycles. The second-order valence-corrected chi connectivity index (χ2v) is 5.34. The van der Waals surface area contributed by atoms with Gasteiger partial charge in [-0.15, -0.1) is 16.7 Å². The number of amides is 1. The van der Waals surface area contributed by atoms with Crippen LogP contribution in [0.3, 0.4) is 0 Å². The maximum Gasteiger partial charge on any atom is 0.330 e. The van der Waals surface area contributed by atoms with Gasteiger partial charge >= 0.3 is 5.97 Å². The molecular weight excluding hydrogens is 244 g/mol. The number of carbonyl (C=O) groups is 2. The van der Waals surface area contributed by atoms with Crippen molar-refractivity contribution in [2.75, 3.05) is 32.1 Å². The van der Waals surface area contributed by atoms with Crippen molar-refractivity contribution in [3.63, 3.8) is 0 Å². The molecule has 1 amide bonds. The van der Waals surface area contributed by atoms with Gasteiger partial charge < -0.3 is 9.74 Å². The summed E-state index contributed by atoms with van der Waals surface area (Å²) in [5, 5.41) is 1.60. The van der Waals surface area contributed by atoms with Gasteiger partial charge in [0.05, 0.1) is 18.5 Å². The number of hydrogen-bond acceptors (Lipinski definition) is 4. The maximum atomic E-state index is 11.6. The van der Waals surface area contributed by atoms with Crippen molar-refractivity contribution in [3.8, 4) is 0 Å². The molecule has 6 heteroatoms. The summed E-state index contributed by atoms with van der Waals surface area (Å²) in [5.74, 6) is -0.329. The van der Waals surface area contributed by atoms with Crippen LogP contribution in [0, 0.1) is 5.41 Å². The standard InChI is InChI=1S/C11H19ClN2O3/c1-11(2,3)10(16)17-14-6-4-13(5-7-14)9(15)8-12/h4-8H2,1-3H3. The summed E-state index contributed by atoms with van der Waals surface area (Å²) in [6.07, 6.45) is 0. The lowest BCUT2D eigenvalue weighted by Gasteiger charge is -2.34. The maximum absolute atomic E-state index is 11.6.